The van der Waals surface area contributed by atoms with Crippen LogP contribution in [0.3, 0.4) is 0 Å². The maximum Gasteiger partial charge on any atom is 0.335 e. The Morgan fingerprint density at radius 1 is 1.40 bits per heavy atom. The Hall–Kier alpha value is -1.51. The molecule has 0 aliphatic carbocycles. The average molecular weight is 205 g/mol. The molecule has 1 aliphatic rings. The van der Waals surface area contributed by atoms with Crippen molar-refractivity contribution in [2.24, 2.45) is 5.92 Å². The summed E-state index contributed by atoms with van der Waals surface area (Å²) in [4.78, 5) is 13.0. The van der Waals surface area contributed by atoms with Crippen molar-refractivity contribution in [2.75, 3.05) is 18.0 Å². The Balaban J connectivity index is 2.13. The summed E-state index contributed by atoms with van der Waals surface area (Å²) in [6, 6.07) is 7.12. The highest BCUT2D eigenvalue weighted by atomic mass is 16.4. The van der Waals surface area contributed by atoms with Crippen LogP contribution in [-0.4, -0.2) is 24.2 Å². The second-order valence-corrected chi connectivity index (χ2v) is 4.19. The van der Waals surface area contributed by atoms with Crippen molar-refractivity contribution in [2.45, 2.75) is 13.3 Å². The van der Waals surface area contributed by atoms with Crippen LogP contribution in [0, 0.1) is 5.92 Å². The normalized spacial score (nSPS) is 20.6. The van der Waals surface area contributed by atoms with E-state index in [1.54, 1.807) is 12.1 Å². The molecule has 1 fully saturated rings. The van der Waals surface area contributed by atoms with E-state index in [1.807, 2.05) is 12.1 Å². The van der Waals surface area contributed by atoms with Crippen molar-refractivity contribution >= 4 is 11.7 Å². The molecule has 0 spiro atoms. The molecule has 1 saturated heterocycles. The first kappa shape index (κ1) is 10.0. The van der Waals surface area contributed by atoms with Gasteiger partial charge in [-0.05, 0) is 36.6 Å². The molecule has 1 N–H and O–H groups in total. The molecule has 15 heavy (non-hydrogen) atoms. The lowest BCUT2D eigenvalue weighted by Crippen LogP contribution is -2.18. The topological polar surface area (TPSA) is 40.5 Å². The number of nitrogens with zero attached hydrogens (tertiary/aromatic N) is 1. The van der Waals surface area contributed by atoms with E-state index in [1.165, 1.54) is 6.42 Å². The van der Waals surface area contributed by atoms with Crippen LogP contribution in [0.15, 0.2) is 24.3 Å². The van der Waals surface area contributed by atoms with Gasteiger partial charge in [-0.2, -0.15) is 0 Å². The van der Waals surface area contributed by atoms with E-state index in [2.05, 4.69) is 11.8 Å². The first-order valence-electron chi connectivity index (χ1n) is 5.25. The van der Waals surface area contributed by atoms with Gasteiger partial charge < -0.3 is 10.0 Å². The second kappa shape index (κ2) is 3.93. The van der Waals surface area contributed by atoms with Crippen LogP contribution >= 0.6 is 0 Å². The minimum atomic E-state index is -0.865. The van der Waals surface area contributed by atoms with Crippen LogP contribution in [-0.2, 0) is 0 Å². The lowest BCUT2D eigenvalue weighted by Gasteiger charge is -2.18. The van der Waals surface area contributed by atoms with Gasteiger partial charge in [-0.25, -0.2) is 4.79 Å². The van der Waals surface area contributed by atoms with Gasteiger partial charge in [0.25, 0.3) is 0 Å². The maximum absolute atomic E-state index is 10.7. The van der Waals surface area contributed by atoms with Gasteiger partial charge >= 0.3 is 5.97 Å². The van der Waals surface area contributed by atoms with Crippen LogP contribution in [0.5, 0.6) is 0 Å². The lowest BCUT2D eigenvalue weighted by atomic mass is 10.2. The first-order valence-corrected chi connectivity index (χ1v) is 5.25. The second-order valence-electron chi connectivity index (χ2n) is 4.19. The van der Waals surface area contributed by atoms with Crippen molar-refractivity contribution in [3.8, 4) is 0 Å². The molecule has 80 valence electrons. The fourth-order valence-electron chi connectivity index (χ4n) is 1.98. The summed E-state index contributed by atoms with van der Waals surface area (Å²) in [5.74, 6) is -0.125. The van der Waals surface area contributed by atoms with E-state index in [4.69, 9.17) is 5.11 Å². The zero-order chi connectivity index (χ0) is 10.8. The zero-order valence-corrected chi connectivity index (χ0v) is 8.81. The summed E-state index contributed by atoms with van der Waals surface area (Å²) in [6.07, 6.45) is 1.22. The number of rotatable bonds is 2. The summed E-state index contributed by atoms with van der Waals surface area (Å²) in [5.41, 5.74) is 1.48. The molecule has 3 heteroatoms. The van der Waals surface area contributed by atoms with Crippen molar-refractivity contribution < 1.29 is 9.90 Å². The Kier molecular flexibility index (Phi) is 2.62. The van der Waals surface area contributed by atoms with Crippen molar-refractivity contribution in [1.29, 1.82) is 0 Å². The molecule has 1 aromatic carbocycles. The monoisotopic (exact) mass is 205 g/mol. The van der Waals surface area contributed by atoms with E-state index in [0.29, 0.717) is 5.56 Å². The number of carbonyl (C=O) groups is 1. The highest BCUT2D eigenvalue weighted by Gasteiger charge is 2.18. The van der Waals surface area contributed by atoms with E-state index < -0.39 is 5.97 Å². The average Bonchev–Trinajstić information content (AvgIpc) is 2.65. The minimum absolute atomic E-state index is 0.353. The quantitative estimate of drug-likeness (QED) is 0.804. The summed E-state index contributed by atoms with van der Waals surface area (Å²) in [5, 5.41) is 8.77. The number of carboxylic acid groups (broad SMARTS) is 1. The number of benzene rings is 1. The van der Waals surface area contributed by atoms with Gasteiger partial charge in [0.15, 0.2) is 0 Å². The summed E-state index contributed by atoms with van der Waals surface area (Å²) >= 11 is 0. The molecule has 1 heterocycles. The fraction of sp³-hybridized carbons (Fsp3) is 0.417. The van der Waals surface area contributed by atoms with Crippen LogP contribution in [0.25, 0.3) is 0 Å². The van der Waals surface area contributed by atoms with Crippen LogP contribution in [0.1, 0.15) is 23.7 Å². The molecule has 1 aliphatic heterocycles. The lowest BCUT2D eigenvalue weighted by molar-refractivity contribution is 0.0697. The van der Waals surface area contributed by atoms with Crippen LogP contribution < -0.4 is 4.90 Å². The van der Waals surface area contributed by atoms with E-state index in [-0.39, 0.29) is 0 Å². The molecule has 0 radical (unpaired) electrons. The number of carboxylic acids is 1. The molecule has 1 unspecified atom stereocenters. The van der Waals surface area contributed by atoms with E-state index in [0.717, 1.165) is 24.7 Å². The van der Waals surface area contributed by atoms with Crippen LogP contribution in [0.4, 0.5) is 5.69 Å². The predicted octanol–water partition coefficient (Wildman–Crippen LogP) is 2.23. The first-order chi connectivity index (χ1) is 7.16. The third-order valence-corrected chi connectivity index (χ3v) is 2.90. The molecule has 0 aromatic heterocycles. The Morgan fingerprint density at radius 3 is 2.53 bits per heavy atom. The predicted molar refractivity (Wildman–Crippen MR) is 59.4 cm³/mol. The molecule has 2 rings (SSSR count). The fourth-order valence-corrected chi connectivity index (χ4v) is 1.98. The highest BCUT2D eigenvalue weighted by Crippen LogP contribution is 2.23. The third kappa shape index (κ3) is 2.12. The van der Waals surface area contributed by atoms with Crippen LogP contribution in [0.2, 0.25) is 0 Å². The number of aromatic carboxylic acids is 1. The molecule has 3 nitrogen and oxygen atoms in total. The van der Waals surface area contributed by atoms with Crippen molar-refractivity contribution in [3.63, 3.8) is 0 Å². The molecule has 1 atom stereocenters. The van der Waals surface area contributed by atoms with Gasteiger partial charge in [0, 0.05) is 18.8 Å². The largest absolute Gasteiger partial charge is 0.478 e. The number of hydrogen-bond acceptors (Lipinski definition) is 2. The number of hydrogen-bond donors (Lipinski definition) is 1. The van der Waals surface area contributed by atoms with Gasteiger partial charge in [-0.15, -0.1) is 0 Å². The zero-order valence-electron chi connectivity index (χ0n) is 8.81. The summed E-state index contributed by atoms with van der Waals surface area (Å²) < 4.78 is 0. The highest BCUT2D eigenvalue weighted by molar-refractivity contribution is 5.88. The minimum Gasteiger partial charge on any atom is -0.478 e. The smallest absolute Gasteiger partial charge is 0.335 e. The van der Waals surface area contributed by atoms with Gasteiger partial charge in [-0.1, -0.05) is 6.92 Å². The molecular formula is C12H15NO2. The van der Waals surface area contributed by atoms with E-state index >= 15 is 0 Å². The molecule has 0 amide bonds. The van der Waals surface area contributed by atoms with Gasteiger partial charge in [0.2, 0.25) is 0 Å². The van der Waals surface area contributed by atoms with Crippen molar-refractivity contribution in [1.82, 2.24) is 0 Å². The molecule has 1 aromatic rings. The van der Waals surface area contributed by atoms with Gasteiger partial charge in [0.05, 0.1) is 5.56 Å². The van der Waals surface area contributed by atoms with Gasteiger partial charge in [-0.3, -0.25) is 0 Å². The SMILES string of the molecule is CC1CCN(c2ccc(C(=O)O)cc2)C1. The Bertz CT molecular complexity index is 358. The maximum atomic E-state index is 10.7. The Labute approximate surface area is 89.3 Å². The standard InChI is InChI=1S/C12H15NO2/c1-9-6-7-13(8-9)11-4-2-10(3-5-11)12(14)15/h2-5,9H,6-8H2,1H3,(H,14,15). The Morgan fingerprint density at radius 2 is 2.07 bits per heavy atom. The van der Waals surface area contributed by atoms with Gasteiger partial charge in [0.1, 0.15) is 0 Å². The number of anilines is 1. The molecular weight excluding hydrogens is 190 g/mol. The summed E-state index contributed by atoms with van der Waals surface area (Å²) in [7, 11) is 0. The van der Waals surface area contributed by atoms with Crippen molar-refractivity contribution in [3.05, 3.63) is 29.8 Å². The summed E-state index contributed by atoms with van der Waals surface area (Å²) in [6.45, 7) is 4.39. The van der Waals surface area contributed by atoms with E-state index in [9.17, 15) is 4.79 Å². The molecule has 0 saturated carbocycles. The third-order valence-electron chi connectivity index (χ3n) is 2.90. The molecule has 0 bridgehead atoms.